The molecule has 0 aliphatic heterocycles. The van der Waals surface area contributed by atoms with Crippen LogP contribution in [0.25, 0.3) is 0 Å². The van der Waals surface area contributed by atoms with Crippen molar-refractivity contribution in [3.05, 3.63) is 71.8 Å². The van der Waals surface area contributed by atoms with E-state index in [-0.39, 0.29) is 6.42 Å². The molecule has 1 amide bonds. The highest BCUT2D eigenvalue weighted by Crippen LogP contribution is 2.34. The average molecular weight is 413 g/mol. The number of hydrogen-bond acceptors (Lipinski definition) is 5. The van der Waals surface area contributed by atoms with Gasteiger partial charge in [-0.25, -0.2) is 0 Å². The molecule has 162 valence electrons. The summed E-state index contributed by atoms with van der Waals surface area (Å²) in [6.45, 7) is 6.78. The second-order valence-corrected chi connectivity index (χ2v) is 8.81. The summed E-state index contributed by atoms with van der Waals surface area (Å²) in [7, 11) is 1.59. The monoisotopic (exact) mass is 412 g/mol. The fourth-order valence-electron chi connectivity index (χ4n) is 3.38. The number of aliphatic hydroxyl groups excluding tert-OH is 1. The van der Waals surface area contributed by atoms with Gasteiger partial charge >= 0.3 is 5.97 Å². The van der Waals surface area contributed by atoms with Crippen molar-refractivity contribution in [3.63, 3.8) is 0 Å². The molecule has 0 aromatic heterocycles. The zero-order chi connectivity index (χ0) is 22.5. The number of hydrogen-bond donors (Lipinski definition) is 2. The highest BCUT2D eigenvalue weighted by Gasteiger charge is 2.40. The number of carbonyl (C=O) groups is 2. The fraction of sp³-hybridized carbons (Fsp3) is 0.417. The zero-order valence-corrected chi connectivity index (χ0v) is 18.3. The van der Waals surface area contributed by atoms with Crippen LogP contribution in [0.3, 0.4) is 0 Å². The Morgan fingerprint density at radius 2 is 1.43 bits per heavy atom. The molecule has 3 N–H and O–H groups in total. The van der Waals surface area contributed by atoms with E-state index in [1.807, 2.05) is 48.5 Å². The van der Waals surface area contributed by atoms with Crippen molar-refractivity contribution in [3.8, 4) is 0 Å². The highest BCUT2D eigenvalue weighted by molar-refractivity contribution is 5.90. The van der Waals surface area contributed by atoms with Gasteiger partial charge in [0.05, 0.1) is 12.5 Å². The lowest BCUT2D eigenvalue weighted by Crippen LogP contribution is -2.55. The number of nitrogens with zero attached hydrogens (tertiary/aromatic N) is 1. The van der Waals surface area contributed by atoms with Crippen molar-refractivity contribution in [1.82, 2.24) is 4.90 Å². The normalized spacial score (nSPS) is 15.6. The minimum atomic E-state index is -1.49. The van der Waals surface area contributed by atoms with Crippen LogP contribution in [0, 0.1) is 0 Å². The summed E-state index contributed by atoms with van der Waals surface area (Å²) in [6.07, 6.45) is -1.24. The number of likely N-dealkylation sites (N-methyl/N-ethyl adjacent to an activating group) is 1. The van der Waals surface area contributed by atoms with Crippen LogP contribution in [0.4, 0.5) is 0 Å². The van der Waals surface area contributed by atoms with E-state index < -0.39 is 35.2 Å². The van der Waals surface area contributed by atoms with E-state index >= 15 is 0 Å². The van der Waals surface area contributed by atoms with Gasteiger partial charge in [0, 0.05) is 7.05 Å². The number of carbonyl (C=O) groups excluding carboxylic acids is 2. The first-order chi connectivity index (χ1) is 13.9. The molecule has 0 radical (unpaired) electrons. The number of ether oxygens (including phenoxy) is 1. The van der Waals surface area contributed by atoms with Crippen molar-refractivity contribution < 1.29 is 19.4 Å². The van der Waals surface area contributed by atoms with Gasteiger partial charge in [0.1, 0.15) is 17.2 Å². The molecular formula is C24H32N2O4. The molecule has 0 aliphatic rings. The van der Waals surface area contributed by atoms with Crippen LogP contribution < -0.4 is 5.73 Å². The van der Waals surface area contributed by atoms with Gasteiger partial charge in [-0.2, -0.15) is 0 Å². The molecule has 0 unspecified atom stereocenters. The first kappa shape index (κ1) is 23.6. The lowest BCUT2D eigenvalue weighted by molar-refractivity contribution is -0.159. The molecule has 0 fully saturated rings. The SMILES string of the molecule is CN(C(=O)[C@@](C)(N)CC(=O)OC(C)(C)C)[C@@H](c1ccccc1)[C@@H](O)c1ccccc1. The molecule has 0 spiro atoms. The maximum absolute atomic E-state index is 13.3. The maximum Gasteiger partial charge on any atom is 0.308 e. The molecule has 2 aromatic carbocycles. The summed E-state index contributed by atoms with van der Waals surface area (Å²) in [6, 6.07) is 17.7. The summed E-state index contributed by atoms with van der Waals surface area (Å²) < 4.78 is 5.33. The standard InChI is InChI=1S/C24H32N2O4/c1-23(2,3)30-19(27)16-24(4,25)22(29)26(5)20(17-12-8-6-9-13-17)21(28)18-14-10-7-11-15-18/h6-15,20-21,28H,16,25H2,1-5H3/t20-,21-,24-/m0/s1. The largest absolute Gasteiger partial charge is 0.460 e. The third kappa shape index (κ3) is 6.15. The number of aliphatic hydroxyl groups is 1. The van der Waals surface area contributed by atoms with Crippen LogP contribution in [0.15, 0.2) is 60.7 Å². The molecule has 6 nitrogen and oxygen atoms in total. The van der Waals surface area contributed by atoms with Gasteiger partial charge < -0.3 is 20.5 Å². The zero-order valence-electron chi connectivity index (χ0n) is 18.3. The lowest BCUT2D eigenvalue weighted by atomic mass is 9.91. The summed E-state index contributed by atoms with van der Waals surface area (Å²) in [5.41, 5.74) is 5.55. The van der Waals surface area contributed by atoms with Crippen molar-refractivity contribution in [2.45, 2.75) is 57.4 Å². The Balaban J connectivity index is 2.31. The highest BCUT2D eigenvalue weighted by atomic mass is 16.6. The predicted octanol–water partition coefficient (Wildman–Crippen LogP) is 3.37. The van der Waals surface area contributed by atoms with Crippen LogP contribution in [0.5, 0.6) is 0 Å². The van der Waals surface area contributed by atoms with E-state index in [0.29, 0.717) is 5.56 Å². The molecular weight excluding hydrogens is 380 g/mol. The second kappa shape index (κ2) is 9.41. The number of esters is 1. The fourth-order valence-corrected chi connectivity index (χ4v) is 3.38. The Bertz CT molecular complexity index is 845. The van der Waals surface area contributed by atoms with Gasteiger partial charge in [0.2, 0.25) is 5.91 Å². The molecule has 30 heavy (non-hydrogen) atoms. The molecule has 0 heterocycles. The Hall–Kier alpha value is -2.70. The first-order valence-electron chi connectivity index (χ1n) is 9.98. The van der Waals surface area contributed by atoms with E-state index in [9.17, 15) is 14.7 Å². The molecule has 0 bridgehead atoms. The molecule has 0 saturated carbocycles. The van der Waals surface area contributed by atoms with Crippen molar-refractivity contribution in [2.75, 3.05) is 7.05 Å². The van der Waals surface area contributed by atoms with Gasteiger partial charge in [-0.15, -0.1) is 0 Å². The van der Waals surface area contributed by atoms with Gasteiger partial charge in [-0.3, -0.25) is 9.59 Å². The third-order valence-corrected chi connectivity index (χ3v) is 4.74. The lowest BCUT2D eigenvalue weighted by Gasteiger charge is -2.37. The summed E-state index contributed by atoms with van der Waals surface area (Å²) in [5.74, 6) is -1.01. The minimum absolute atomic E-state index is 0.267. The molecule has 3 atom stereocenters. The molecule has 6 heteroatoms. The number of amides is 1. The van der Waals surface area contributed by atoms with Gasteiger partial charge in [-0.05, 0) is 38.8 Å². The van der Waals surface area contributed by atoms with Gasteiger partial charge in [0.25, 0.3) is 0 Å². The topological polar surface area (TPSA) is 92.9 Å². The third-order valence-electron chi connectivity index (χ3n) is 4.74. The Labute approximate surface area is 178 Å². The number of rotatable bonds is 7. The Morgan fingerprint density at radius 1 is 0.967 bits per heavy atom. The predicted molar refractivity (Wildman–Crippen MR) is 116 cm³/mol. The number of nitrogens with two attached hydrogens (primary N) is 1. The van der Waals surface area contributed by atoms with E-state index in [4.69, 9.17) is 10.5 Å². The summed E-state index contributed by atoms with van der Waals surface area (Å²) >= 11 is 0. The quantitative estimate of drug-likeness (QED) is 0.680. The average Bonchev–Trinajstić information content (AvgIpc) is 2.67. The van der Waals surface area contributed by atoms with Crippen LogP contribution in [0.1, 0.15) is 57.4 Å². The second-order valence-electron chi connectivity index (χ2n) is 8.81. The van der Waals surface area contributed by atoms with E-state index in [1.165, 1.54) is 11.8 Å². The van der Waals surface area contributed by atoms with Crippen LogP contribution >= 0.6 is 0 Å². The summed E-state index contributed by atoms with van der Waals surface area (Å²) in [5, 5.41) is 11.1. The van der Waals surface area contributed by atoms with Crippen molar-refractivity contribution >= 4 is 11.9 Å². The van der Waals surface area contributed by atoms with E-state index in [0.717, 1.165) is 5.56 Å². The minimum Gasteiger partial charge on any atom is -0.460 e. The Morgan fingerprint density at radius 3 is 1.90 bits per heavy atom. The van der Waals surface area contributed by atoms with Gasteiger partial charge in [-0.1, -0.05) is 60.7 Å². The van der Waals surface area contributed by atoms with Crippen molar-refractivity contribution in [2.24, 2.45) is 5.73 Å². The van der Waals surface area contributed by atoms with Crippen LogP contribution in [-0.2, 0) is 14.3 Å². The molecule has 0 saturated heterocycles. The summed E-state index contributed by atoms with van der Waals surface area (Å²) in [4.78, 5) is 27.0. The molecule has 2 rings (SSSR count). The maximum atomic E-state index is 13.3. The van der Waals surface area contributed by atoms with Crippen molar-refractivity contribution in [1.29, 1.82) is 0 Å². The smallest absolute Gasteiger partial charge is 0.308 e. The Kier molecular flexibility index (Phi) is 7.39. The van der Waals surface area contributed by atoms with Crippen LogP contribution in [-0.4, -0.2) is 40.1 Å². The number of benzene rings is 2. The first-order valence-corrected chi connectivity index (χ1v) is 9.98. The molecule has 2 aromatic rings. The van der Waals surface area contributed by atoms with Gasteiger partial charge in [0.15, 0.2) is 0 Å². The molecule has 0 aliphatic carbocycles. The van der Waals surface area contributed by atoms with E-state index in [2.05, 4.69) is 0 Å². The van der Waals surface area contributed by atoms with E-state index in [1.54, 1.807) is 40.0 Å². The van der Waals surface area contributed by atoms with Crippen LogP contribution in [0.2, 0.25) is 0 Å².